The van der Waals surface area contributed by atoms with Gasteiger partial charge in [0.1, 0.15) is 11.6 Å². The van der Waals surface area contributed by atoms with Crippen LogP contribution >= 0.6 is 0 Å². The Morgan fingerprint density at radius 2 is 1.66 bits per heavy atom. The highest BCUT2D eigenvalue weighted by atomic mass is 19.1. The van der Waals surface area contributed by atoms with E-state index in [1.165, 1.54) is 6.07 Å². The van der Waals surface area contributed by atoms with Crippen molar-refractivity contribution >= 4 is 11.8 Å². The first-order chi connectivity index (χ1) is 15.5. The second-order valence-electron chi connectivity index (χ2n) is 8.96. The predicted molar refractivity (Wildman–Crippen MR) is 121 cm³/mol. The largest absolute Gasteiger partial charge is 0.493 e. The van der Waals surface area contributed by atoms with Crippen LogP contribution in [0.4, 0.5) is 4.39 Å². The Bertz CT molecular complexity index is 928. The molecule has 2 aliphatic heterocycles. The van der Waals surface area contributed by atoms with Crippen LogP contribution in [0.5, 0.6) is 5.75 Å². The number of ether oxygens (including phenoxy) is 1. The number of piperidine rings is 1. The van der Waals surface area contributed by atoms with Crippen LogP contribution in [0.2, 0.25) is 0 Å². The Morgan fingerprint density at radius 3 is 2.34 bits per heavy atom. The zero-order valence-electron chi connectivity index (χ0n) is 18.6. The third-order valence-corrected chi connectivity index (χ3v) is 6.94. The molecule has 2 aromatic rings. The summed E-state index contributed by atoms with van der Waals surface area (Å²) < 4.78 is 19.9. The van der Waals surface area contributed by atoms with Crippen molar-refractivity contribution in [2.75, 3.05) is 32.8 Å². The Morgan fingerprint density at radius 1 is 0.969 bits per heavy atom. The van der Waals surface area contributed by atoms with Crippen LogP contribution in [0.1, 0.15) is 25.3 Å². The molecule has 170 valence electrons. The van der Waals surface area contributed by atoms with Crippen LogP contribution < -0.4 is 4.74 Å². The molecule has 0 unspecified atom stereocenters. The lowest BCUT2D eigenvalue weighted by molar-refractivity contribution is -0.132. The molecule has 2 fully saturated rings. The molecular formula is C26H31FN2O3. The Hall–Kier alpha value is -2.89. The second kappa shape index (κ2) is 10.2. The molecule has 0 N–H and O–H groups in total. The van der Waals surface area contributed by atoms with Gasteiger partial charge in [-0.25, -0.2) is 4.39 Å². The zero-order valence-corrected chi connectivity index (χ0v) is 18.6. The van der Waals surface area contributed by atoms with Gasteiger partial charge in [0, 0.05) is 39.0 Å². The molecule has 2 amide bonds. The van der Waals surface area contributed by atoms with Gasteiger partial charge < -0.3 is 14.5 Å². The van der Waals surface area contributed by atoms with Gasteiger partial charge in [-0.2, -0.15) is 0 Å². The van der Waals surface area contributed by atoms with Crippen molar-refractivity contribution in [1.82, 2.24) is 9.80 Å². The third-order valence-electron chi connectivity index (χ3n) is 6.94. The first-order valence-electron chi connectivity index (χ1n) is 11.5. The molecule has 2 aliphatic rings. The van der Waals surface area contributed by atoms with Crippen molar-refractivity contribution in [2.45, 2.75) is 26.2 Å². The van der Waals surface area contributed by atoms with E-state index in [-0.39, 0.29) is 30.0 Å². The summed E-state index contributed by atoms with van der Waals surface area (Å²) in [5, 5.41) is 0. The van der Waals surface area contributed by atoms with E-state index in [0.717, 1.165) is 31.7 Å². The second-order valence-corrected chi connectivity index (χ2v) is 8.96. The molecule has 0 radical (unpaired) electrons. The molecule has 0 aromatic heterocycles. The minimum absolute atomic E-state index is 0.0192. The average Bonchev–Trinajstić information content (AvgIpc) is 3.25. The summed E-state index contributed by atoms with van der Waals surface area (Å²) in [6.07, 6.45) is 1.91. The molecule has 2 atom stereocenters. The van der Waals surface area contributed by atoms with Crippen molar-refractivity contribution in [3.05, 3.63) is 66.0 Å². The van der Waals surface area contributed by atoms with Gasteiger partial charge in [-0.1, -0.05) is 36.4 Å². The highest BCUT2D eigenvalue weighted by Crippen LogP contribution is 2.36. The summed E-state index contributed by atoms with van der Waals surface area (Å²) in [6.45, 7) is 5.05. The van der Waals surface area contributed by atoms with Gasteiger partial charge in [-0.15, -0.1) is 0 Å². The fraction of sp³-hybridized carbons (Fsp3) is 0.462. The number of hydrogen-bond acceptors (Lipinski definition) is 3. The van der Waals surface area contributed by atoms with Gasteiger partial charge in [-0.05, 0) is 48.4 Å². The molecule has 2 aromatic carbocycles. The van der Waals surface area contributed by atoms with Crippen LogP contribution in [0.25, 0.3) is 0 Å². The summed E-state index contributed by atoms with van der Waals surface area (Å²) in [4.78, 5) is 28.5. The number of carbonyl (C=O) groups is 2. The zero-order chi connectivity index (χ0) is 22.5. The molecule has 2 saturated heterocycles. The van der Waals surface area contributed by atoms with E-state index in [1.54, 1.807) is 25.1 Å². The molecular weight excluding hydrogens is 407 g/mol. The number of amides is 2. The molecule has 0 bridgehead atoms. The lowest BCUT2D eigenvalue weighted by atomic mass is 9.78. The van der Waals surface area contributed by atoms with Crippen LogP contribution in [0, 0.1) is 23.6 Å². The van der Waals surface area contributed by atoms with Crippen molar-refractivity contribution in [3.8, 4) is 5.75 Å². The minimum atomic E-state index is -0.327. The Kier molecular flexibility index (Phi) is 7.08. The van der Waals surface area contributed by atoms with E-state index in [4.69, 9.17) is 4.74 Å². The van der Waals surface area contributed by atoms with Crippen molar-refractivity contribution < 1.29 is 18.7 Å². The molecule has 32 heavy (non-hydrogen) atoms. The monoisotopic (exact) mass is 438 g/mol. The normalized spacial score (nSPS) is 21.6. The molecule has 0 spiro atoms. The van der Waals surface area contributed by atoms with E-state index in [9.17, 15) is 14.0 Å². The van der Waals surface area contributed by atoms with E-state index in [1.807, 2.05) is 40.1 Å². The van der Waals surface area contributed by atoms with Crippen LogP contribution in [0.15, 0.2) is 54.6 Å². The van der Waals surface area contributed by atoms with E-state index in [0.29, 0.717) is 37.1 Å². The Balaban J connectivity index is 1.34. The molecule has 6 heteroatoms. The number of nitrogens with zero attached hydrogens (tertiary/aromatic N) is 2. The van der Waals surface area contributed by atoms with Gasteiger partial charge >= 0.3 is 0 Å². The summed E-state index contributed by atoms with van der Waals surface area (Å²) in [7, 11) is 0. The number of hydrogen-bond donors (Lipinski definition) is 0. The lowest BCUT2D eigenvalue weighted by Gasteiger charge is -2.36. The maximum Gasteiger partial charge on any atom is 0.227 e. The van der Waals surface area contributed by atoms with Crippen molar-refractivity contribution in [3.63, 3.8) is 0 Å². The summed E-state index contributed by atoms with van der Waals surface area (Å²) >= 11 is 0. The molecule has 0 aliphatic carbocycles. The standard InChI is InChI=1S/C26H31FN2O3/c1-19(30)29-16-22(18-32-23-8-3-2-4-9-23)24(17-29)20-11-13-28(14-12-20)26(31)15-21-7-5-6-10-25(21)27/h2-10,20,22,24H,11-18H2,1H3/t22-,24-/m0/s1. The van der Waals surface area contributed by atoms with Crippen molar-refractivity contribution in [1.29, 1.82) is 0 Å². The van der Waals surface area contributed by atoms with Crippen LogP contribution in [-0.4, -0.2) is 54.4 Å². The van der Waals surface area contributed by atoms with Crippen LogP contribution in [0.3, 0.4) is 0 Å². The number of benzene rings is 2. The summed E-state index contributed by atoms with van der Waals surface area (Å²) in [5.74, 6) is 1.70. The minimum Gasteiger partial charge on any atom is -0.493 e. The summed E-state index contributed by atoms with van der Waals surface area (Å²) in [6, 6.07) is 16.2. The maximum absolute atomic E-state index is 13.9. The fourth-order valence-corrected chi connectivity index (χ4v) is 5.08. The molecule has 5 nitrogen and oxygen atoms in total. The highest BCUT2D eigenvalue weighted by molar-refractivity contribution is 5.79. The van der Waals surface area contributed by atoms with E-state index >= 15 is 0 Å². The predicted octanol–water partition coefficient (Wildman–Crippen LogP) is 3.78. The van der Waals surface area contributed by atoms with Gasteiger partial charge in [0.05, 0.1) is 13.0 Å². The van der Waals surface area contributed by atoms with Gasteiger partial charge in [0.15, 0.2) is 0 Å². The SMILES string of the molecule is CC(=O)N1C[C@@H](COc2ccccc2)[C@H](C2CCN(C(=O)Cc3ccccc3F)CC2)C1. The quantitative estimate of drug-likeness (QED) is 0.690. The highest BCUT2D eigenvalue weighted by Gasteiger charge is 2.40. The van der Waals surface area contributed by atoms with Gasteiger partial charge in [-0.3, -0.25) is 9.59 Å². The van der Waals surface area contributed by atoms with Gasteiger partial charge in [0.25, 0.3) is 0 Å². The van der Waals surface area contributed by atoms with Crippen molar-refractivity contribution in [2.24, 2.45) is 17.8 Å². The molecule has 0 saturated carbocycles. The van der Waals surface area contributed by atoms with Crippen LogP contribution in [-0.2, 0) is 16.0 Å². The summed E-state index contributed by atoms with van der Waals surface area (Å²) in [5.41, 5.74) is 0.450. The number of carbonyl (C=O) groups excluding carboxylic acids is 2. The average molecular weight is 439 g/mol. The third kappa shape index (κ3) is 5.29. The molecule has 4 rings (SSSR count). The number of likely N-dealkylation sites (tertiary alicyclic amines) is 2. The fourth-order valence-electron chi connectivity index (χ4n) is 5.08. The smallest absolute Gasteiger partial charge is 0.227 e. The van der Waals surface area contributed by atoms with Gasteiger partial charge in [0.2, 0.25) is 11.8 Å². The number of para-hydroxylation sites is 1. The van der Waals surface area contributed by atoms with E-state index in [2.05, 4.69) is 0 Å². The van der Waals surface area contributed by atoms with E-state index < -0.39 is 0 Å². The first-order valence-corrected chi connectivity index (χ1v) is 11.5. The lowest BCUT2D eigenvalue weighted by Crippen LogP contribution is -2.42. The maximum atomic E-state index is 13.9. The molecule has 2 heterocycles. The topological polar surface area (TPSA) is 49.9 Å². The Labute approximate surface area is 189 Å². The number of rotatable bonds is 6. The number of halogens is 1. The first kappa shape index (κ1) is 22.3.